The van der Waals surface area contributed by atoms with Crippen molar-refractivity contribution in [2.24, 2.45) is 0 Å². The lowest BCUT2D eigenvalue weighted by Gasteiger charge is -2.57. The highest BCUT2D eigenvalue weighted by molar-refractivity contribution is 7.14. The number of hydrogen-bond donors (Lipinski definition) is 1. The van der Waals surface area contributed by atoms with Gasteiger partial charge in [0.1, 0.15) is 0 Å². The SMILES string of the molecule is c1csc(N2C3CC4CC2CC(C3)N4)c1. The van der Waals surface area contributed by atoms with Gasteiger partial charge in [-0.15, -0.1) is 11.3 Å². The van der Waals surface area contributed by atoms with Crippen LogP contribution in [0.25, 0.3) is 0 Å². The van der Waals surface area contributed by atoms with Gasteiger partial charge in [-0.05, 0) is 43.2 Å². The Balaban J connectivity index is 1.71. The van der Waals surface area contributed by atoms with E-state index in [4.69, 9.17) is 0 Å². The summed E-state index contributed by atoms with van der Waals surface area (Å²) in [5.41, 5.74) is 0. The van der Waals surface area contributed by atoms with Crippen LogP contribution >= 0.6 is 11.3 Å². The van der Waals surface area contributed by atoms with Crippen molar-refractivity contribution in [2.45, 2.75) is 49.9 Å². The molecule has 0 amide bonds. The van der Waals surface area contributed by atoms with Gasteiger partial charge in [-0.25, -0.2) is 0 Å². The molecule has 4 fully saturated rings. The first-order chi connectivity index (χ1) is 7.40. The Morgan fingerprint density at radius 1 is 1.13 bits per heavy atom. The molecule has 5 rings (SSSR count). The quantitative estimate of drug-likeness (QED) is 0.780. The van der Waals surface area contributed by atoms with Crippen LogP contribution in [0.1, 0.15) is 25.7 Å². The maximum absolute atomic E-state index is 3.76. The van der Waals surface area contributed by atoms with Crippen LogP contribution in [0.3, 0.4) is 0 Å². The highest BCUT2D eigenvalue weighted by atomic mass is 32.1. The molecule has 1 aromatic rings. The Hall–Kier alpha value is -0.540. The fourth-order valence-corrected chi connectivity index (χ4v) is 4.71. The summed E-state index contributed by atoms with van der Waals surface area (Å²) in [6.45, 7) is 0. The zero-order valence-corrected chi connectivity index (χ0v) is 9.54. The third kappa shape index (κ3) is 1.20. The molecule has 0 unspecified atom stereocenters. The Kier molecular flexibility index (Phi) is 1.71. The summed E-state index contributed by atoms with van der Waals surface area (Å²) in [7, 11) is 0. The lowest BCUT2D eigenvalue weighted by Crippen LogP contribution is -2.67. The molecule has 0 spiro atoms. The summed E-state index contributed by atoms with van der Waals surface area (Å²) < 4.78 is 0. The number of hydrogen-bond acceptors (Lipinski definition) is 3. The maximum Gasteiger partial charge on any atom is 0.0913 e. The van der Waals surface area contributed by atoms with Gasteiger partial charge in [0.05, 0.1) is 5.00 Å². The number of anilines is 1. The van der Waals surface area contributed by atoms with Crippen LogP contribution in [0, 0.1) is 0 Å². The molecule has 4 aliphatic rings. The van der Waals surface area contributed by atoms with Gasteiger partial charge in [0, 0.05) is 24.2 Å². The minimum atomic E-state index is 0.823. The normalized spacial score (nSPS) is 42.5. The highest BCUT2D eigenvalue weighted by Crippen LogP contribution is 2.42. The zero-order chi connectivity index (χ0) is 9.83. The maximum atomic E-state index is 3.76. The van der Waals surface area contributed by atoms with Crippen LogP contribution in [0.2, 0.25) is 0 Å². The van der Waals surface area contributed by atoms with Crippen molar-refractivity contribution in [2.75, 3.05) is 4.90 Å². The van der Waals surface area contributed by atoms with Gasteiger partial charge in [0.2, 0.25) is 0 Å². The molecule has 80 valence electrons. The first kappa shape index (κ1) is 8.59. The standard InChI is InChI=1S/C12H16N2S/c1-2-12(15-3-1)14-10-4-8-5-11(14)7-9(6-10)13-8/h1-3,8-11,13H,4-7H2. The predicted molar refractivity (Wildman–Crippen MR) is 63.6 cm³/mol. The van der Waals surface area contributed by atoms with E-state index in [9.17, 15) is 0 Å². The van der Waals surface area contributed by atoms with E-state index >= 15 is 0 Å². The second kappa shape index (κ2) is 2.98. The molecule has 0 saturated carbocycles. The van der Waals surface area contributed by atoms with Crippen LogP contribution in [-0.2, 0) is 0 Å². The van der Waals surface area contributed by atoms with Gasteiger partial charge in [0.25, 0.3) is 0 Å². The molecular formula is C12H16N2S. The van der Waals surface area contributed by atoms with Crippen molar-refractivity contribution in [3.05, 3.63) is 17.5 Å². The van der Waals surface area contributed by atoms with E-state index in [-0.39, 0.29) is 0 Å². The first-order valence-electron chi connectivity index (χ1n) is 5.98. The van der Waals surface area contributed by atoms with Crippen LogP contribution in [0.15, 0.2) is 17.5 Å². The Morgan fingerprint density at radius 3 is 2.33 bits per heavy atom. The van der Waals surface area contributed by atoms with Crippen molar-refractivity contribution in [1.82, 2.24) is 5.32 Å². The highest BCUT2D eigenvalue weighted by Gasteiger charge is 2.46. The molecule has 5 heterocycles. The fraction of sp³-hybridized carbons (Fsp3) is 0.667. The van der Waals surface area contributed by atoms with Crippen molar-refractivity contribution >= 4 is 16.3 Å². The van der Waals surface area contributed by atoms with Crippen molar-refractivity contribution in [3.63, 3.8) is 0 Å². The summed E-state index contributed by atoms with van der Waals surface area (Å²) in [4.78, 5) is 2.72. The molecule has 0 atom stereocenters. The van der Waals surface area contributed by atoms with Crippen LogP contribution in [-0.4, -0.2) is 24.2 Å². The topological polar surface area (TPSA) is 15.3 Å². The molecule has 0 aliphatic carbocycles. The summed E-state index contributed by atoms with van der Waals surface area (Å²) in [6, 6.07) is 7.77. The number of piperidine rings is 4. The second-order valence-electron chi connectivity index (χ2n) is 5.17. The molecule has 3 heteroatoms. The van der Waals surface area contributed by atoms with Crippen LogP contribution in [0.5, 0.6) is 0 Å². The number of nitrogens with zero attached hydrogens (tertiary/aromatic N) is 1. The summed E-state index contributed by atoms with van der Waals surface area (Å²) in [6.07, 6.45) is 5.46. The molecule has 2 nitrogen and oxygen atoms in total. The molecule has 4 saturated heterocycles. The van der Waals surface area contributed by atoms with Gasteiger partial charge >= 0.3 is 0 Å². The van der Waals surface area contributed by atoms with Gasteiger partial charge in [-0.2, -0.15) is 0 Å². The van der Waals surface area contributed by atoms with E-state index in [1.165, 1.54) is 30.7 Å². The molecule has 0 aromatic carbocycles. The summed E-state index contributed by atoms with van der Waals surface area (Å²) >= 11 is 1.91. The monoisotopic (exact) mass is 220 g/mol. The number of nitrogens with one attached hydrogen (secondary N) is 1. The lowest BCUT2D eigenvalue weighted by atomic mass is 9.75. The third-order valence-corrected chi connectivity index (χ3v) is 5.13. The molecular weight excluding hydrogens is 204 g/mol. The number of rotatable bonds is 1. The van der Waals surface area contributed by atoms with E-state index in [1.54, 1.807) is 0 Å². The summed E-state index contributed by atoms with van der Waals surface area (Å²) in [5, 5.41) is 7.47. The van der Waals surface area contributed by atoms with E-state index in [0.717, 1.165) is 24.2 Å². The third-order valence-electron chi connectivity index (χ3n) is 4.25. The van der Waals surface area contributed by atoms with Gasteiger partial charge < -0.3 is 10.2 Å². The minimum absolute atomic E-state index is 0.823. The van der Waals surface area contributed by atoms with Gasteiger partial charge in [-0.1, -0.05) is 0 Å². The van der Waals surface area contributed by atoms with E-state index in [0.29, 0.717) is 0 Å². The molecule has 1 N–H and O–H groups in total. The molecule has 15 heavy (non-hydrogen) atoms. The summed E-state index contributed by atoms with van der Waals surface area (Å²) in [5.74, 6) is 0. The van der Waals surface area contributed by atoms with E-state index in [1.807, 2.05) is 11.3 Å². The van der Waals surface area contributed by atoms with Gasteiger partial charge in [-0.3, -0.25) is 0 Å². The average molecular weight is 220 g/mol. The zero-order valence-electron chi connectivity index (χ0n) is 8.73. The Morgan fingerprint density at radius 2 is 1.80 bits per heavy atom. The smallest absolute Gasteiger partial charge is 0.0913 e. The van der Waals surface area contributed by atoms with E-state index in [2.05, 4.69) is 27.7 Å². The van der Waals surface area contributed by atoms with Crippen LogP contribution < -0.4 is 10.2 Å². The Bertz CT molecular complexity index is 332. The van der Waals surface area contributed by atoms with Crippen molar-refractivity contribution in [3.8, 4) is 0 Å². The molecule has 1 aromatic heterocycles. The average Bonchev–Trinajstić information content (AvgIpc) is 2.69. The number of thiophene rings is 1. The predicted octanol–water partition coefficient (Wildman–Crippen LogP) is 2.22. The minimum Gasteiger partial charge on any atom is -0.357 e. The molecule has 0 radical (unpaired) electrons. The Labute approximate surface area is 94.3 Å². The first-order valence-corrected chi connectivity index (χ1v) is 6.86. The fourth-order valence-electron chi connectivity index (χ4n) is 3.83. The van der Waals surface area contributed by atoms with Gasteiger partial charge in [0.15, 0.2) is 0 Å². The van der Waals surface area contributed by atoms with Crippen LogP contribution in [0.4, 0.5) is 5.00 Å². The van der Waals surface area contributed by atoms with Crippen molar-refractivity contribution in [1.29, 1.82) is 0 Å². The molecule has 4 aliphatic heterocycles. The molecule has 4 bridgehead atoms. The second-order valence-corrected chi connectivity index (χ2v) is 6.10. The van der Waals surface area contributed by atoms with E-state index < -0.39 is 0 Å². The van der Waals surface area contributed by atoms with Crippen molar-refractivity contribution < 1.29 is 0 Å². The largest absolute Gasteiger partial charge is 0.357 e. The lowest BCUT2D eigenvalue weighted by molar-refractivity contribution is 0.135.